The van der Waals surface area contributed by atoms with Gasteiger partial charge in [0.15, 0.2) is 0 Å². The molecule has 0 amide bonds. The number of hydrogen-bond donors (Lipinski definition) is 0. The first-order valence-corrected chi connectivity index (χ1v) is 9.08. The largest absolute Gasteiger partial charge is 0.478 e. The third-order valence-electron chi connectivity index (χ3n) is 3.70. The Kier molecular flexibility index (Phi) is 5.73. The highest BCUT2D eigenvalue weighted by atomic mass is 32.1. The fraction of sp³-hybridized carbons (Fsp3) is 0.316. The molecule has 5 nitrogen and oxygen atoms in total. The van der Waals surface area contributed by atoms with Gasteiger partial charge in [0.05, 0.1) is 6.61 Å². The minimum Gasteiger partial charge on any atom is -0.478 e. The van der Waals surface area contributed by atoms with Crippen molar-refractivity contribution in [3.8, 4) is 27.6 Å². The Morgan fingerprint density at radius 3 is 2.56 bits per heavy atom. The van der Waals surface area contributed by atoms with Crippen LogP contribution in [0.4, 0.5) is 0 Å². The molecule has 2 aromatic heterocycles. The lowest BCUT2D eigenvalue weighted by molar-refractivity contribution is 0.273. The van der Waals surface area contributed by atoms with Crippen molar-refractivity contribution in [3.05, 3.63) is 47.6 Å². The van der Waals surface area contributed by atoms with Crippen LogP contribution < -0.4 is 4.74 Å². The highest BCUT2D eigenvalue weighted by molar-refractivity contribution is 7.14. The molecule has 0 saturated heterocycles. The number of aromatic nitrogens is 3. The Morgan fingerprint density at radius 1 is 1.04 bits per heavy atom. The van der Waals surface area contributed by atoms with E-state index >= 15 is 0 Å². The van der Waals surface area contributed by atoms with E-state index in [9.17, 15) is 0 Å². The van der Waals surface area contributed by atoms with Crippen LogP contribution in [-0.2, 0) is 0 Å². The average molecular weight is 354 g/mol. The van der Waals surface area contributed by atoms with Gasteiger partial charge in [-0.25, -0.2) is 4.98 Å². The topological polar surface area (TPSA) is 51.1 Å². The molecule has 3 rings (SSSR count). The van der Waals surface area contributed by atoms with Gasteiger partial charge in [-0.15, -0.1) is 10.2 Å². The minimum absolute atomic E-state index is 0.665. The van der Waals surface area contributed by atoms with Gasteiger partial charge in [-0.2, -0.15) is 0 Å². The molecule has 3 aromatic rings. The van der Waals surface area contributed by atoms with Gasteiger partial charge < -0.3 is 9.64 Å². The van der Waals surface area contributed by atoms with E-state index in [1.807, 2.05) is 31.3 Å². The van der Waals surface area contributed by atoms with Crippen molar-refractivity contribution in [1.82, 2.24) is 20.1 Å². The standard InChI is InChI=1S/C19H22N4OS/c1-14-21-22-19(25-14)16-7-4-6-15(12-16)17-8-9-18(20-13-17)24-11-5-10-23(2)3/h4,6-9,12-13H,5,10-11H2,1-3H3. The van der Waals surface area contributed by atoms with Crippen molar-refractivity contribution in [2.45, 2.75) is 13.3 Å². The van der Waals surface area contributed by atoms with Crippen LogP contribution in [0.3, 0.4) is 0 Å². The Bertz CT molecular complexity index is 814. The molecule has 0 N–H and O–H groups in total. The van der Waals surface area contributed by atoms with Gasteiger partial charge in [0, 0.05) is 29.9 Å². The molecule has 0 aliphatic rings. The lowest BCUT2D eigenvalue weighted by atomic mass is 10.1. The second-order valence-corrected chi connectivity index (χ2v) is 7.28. The van der Waals surface area contributed by atoms with Gasteiger partial charge in [0.25, 0.3) is 0 Å². The van der Waals surface area contributed by atoms with E-state index < -0.39 is 0 Å². The third kappa shape index (κ3) is 4.84. The number of ether oxygens (including phenoxy) is 1. The maximum Gasteiger partial charge on any atom is 0.213 e. The SMILES string of the molecule is Cc1nnc(-c2cccc(-c3ccc(OCCCN(C)C)nc3)c2)s1. The summed E-state index contributed by atoms with van der Waals surface area (Å²) in [6.45, 7) is 3.65. The summed E-state index contributed by atoms with van der Waals surface area (Å²) in [6, 6.07) is 12.2. The number of aryl methyl sites for hydroxylation is 1. The van der Waals surface area contributed by atoms with Crippen LogP contribution in [0.5, 0.6) is 5.88 Å². The molecule has 0 saturated carbocycles. The van der Waals surface area contributed by atoms with Crippen LogP contribution in [0.1, 0.15) is 11.4 Å². The fourth-order valence-corrected chi connectivity index (χ4v) is 3.13. The first-order chi connectivity index (χ1) is 12.1. The van der Waals surface area contributed by atoms with E-state index in [4.69, 9.17) is 4.74 Å². The van der Waals surface area contributed by atoms with Gasteiger partial charge in [0.2, 0.25) is 5.88 Å². The van der Waals surface area contributed by atoms with Gasteiger partial charge in [-0.1, -0.05) is 29.5 Å². The minimum atomic E-state index is 0.665. The molecule has 0 spiro atoms. The Balaban J connectivity index is 1.68. The molecular weight excluding hydrogens is 332 g/mol. The molecular formula is C19H22N4OS. The fourth-order valence-electron chi connectivity index (χ4n) is 2.44. The molecule has 130 valence electrons. The van der Waals surface area contributed by atoms with Crippen LogP contribution in [0.15, 0.2) is 42.6 Å². The van der Waals surface area contributed by atoms with Crippen molar-refractivity contribution in [3.63, 3.8) is 0 Å². The van der Waals surface area contributed by atoms with Crippen molar-refractivity contribution >= 4 is 11.3 Å². The summed E-state index contributed by atoms with van der Waals surface area (Å²) < 4.78 is 5.69. The van der Waals surface area contributed by atoms with Crippen LogP contribution in [0.2, 0.25) is 0 Å². The van der Waals surface area contributed by atoms with Crippen molar-refractivity contribution in [1.29, 1.82) is 0 Å². The zero-order valence-electron chi connectivity index (χ0n) is 14.8. The normalized spacial score (nSPS) is 11.0. The van der Waals surface area contributed by atoms with E-state index in [-0.39, 0.29) is 0 Å². The van der Waals surface area contributed by atoms with Gasteiger partial charge >= 0.3 is 0 Å². The van der Waals surface area contributed by atoms with E-state index in [1.165, 1.54) is 0 Å². The molecule has 25 heavy (non-hydrogen) atoms. The molecule has 0 fully saturated rings. The van der Waals surface area contributed by atoms with Crippen molar-refractivity contribution in [2.24, 2.45) is 0 Å². The Labute approximate surface area is 152 Å². The molecule has 1 aromatic carbocycles. The molecule has 6 heteroatoms. The second kappa shape index (κ2) is 8.18. The first kappa shape index (κ1) is 17.5. The summed E-state index contributed by atoms with van der Waals surface area (Å²) in [7, 11) is 4.12. The molecule has 0 bridgehead atoms. The zero-order valence-corrected chi connectivity index (χ0v) is 15.6. The van der Waals surface area contributed by atoms with E-state index in [1.54, 1.807) is 11.3 Å². The smallest absolute Gasteiger partial charge is 0.213 e. The summed E-state index contributed by atoms with van der Waals surface area (Å²) in [6.07, 6.45) is 2.84. The summed E-state index contributed by atoms with van der Waals surface area (Å²) >= 11 is 1.60. The van der Waals surface area contributed by atoms with Crippen molar-refractivity contribution < 1.29 is 4.74 Å². The maximum absolute atomic E-state index is 5.69. The monoisotopic (exact) mass is 354 g/mol. The molecule has 0 aliphatic heterocycles. The number of nitrogens with zero attached hydrogens (tertiary/aromatic N) is 4. The number of pyridine rings is 1. The molecule has 0 atom stereocenters. The molecule has 2 heterocycles. The number of rotatable bonds is 7. The van der Waals surface area contributed by atoms with Gasteiger partial charge in [0.1, 0.15) is 10.0 Å². The van der Waals surface area contributed by atoms with Crippen LogP contribution >= 0.6 is 11.3 Å². The lowest BCUT2D eigenvalue weighted by Gasteiger charge is -2.10. The Hall–Kier alpha value is -2.31. The van der Waals surface area contributed by atoms with Gasteiger partial charge in [-0.3, -0.25) is 0 Å². The van der Waals surface area contributed by atoms with Crippen LogP contribution in [0.25, 0.3) is 21.7 Å². The molecule has 0 unspecified atom stereocenters. The summed E-state index contributed by atoms with van der Waals surface area (Å²) in [4.78, 5) is 6.56. The van der Waals surface area contributed by atoms with Crippen molar-refractivity contribution in [2.75, 3.05) is 27.2 Å². The second-order valence-electron chi connectivity index (χ2n) is 6.10. The van der Waals surface area contributed by atoms with E-state index in [2.05, 4.69) is 52.4 Å². The highest BCUT2D eigenvalue weighted by Gasteiger charge is 2.06. The predicted octanol–water partition coefficient (Wildman–Crippen LogP) is 3.91. The van der Waals surface area contributed by atoms with Crippen LogP contribution in [0, 0.1) is 6.92 Å². The number of benzene rings is 1. The summed E-state index contributed by atoms with van der Waals surface area (Å²) in [5.41, 5.74) is 3.24. The van der Waals surface area contributed by atoms with E-state index in [0.29, 0.717) is 12.5 Å². The predicted molar refractivity (Wildman–Crippen MR) is 102 cm³/mol. The maximum atomic E-state index is 5.69. The van der Waals surface area contributed by atoms with E-state index in [0.717, 1.165) is 39.7 Å². The zero-order chi connectivity index (χ0) is 17.6. The van der Waals surface area contributed by atoms with Gasteiger partial charge in [-0.05, 0) is 45.1 Å². The summed E-state index contributed by atoms with van der Waals surface area (Å²) in [5, 5.41) is 10.2. The Morgan fingerprint density at radius 2 is 1.88 bits per heavy atom. The van der Waals surface area contributed by atoms with Crippen LogP contribution in [-0.4, -0.2) is 47.3 Å². The average Bonchev–Trinajstić information content (AvgIpc) is 3.06. The highest BCUT2D eigenvalue weighted by Crippen LogP contribution is 2.28. The summed E-state index contributed by atoms with van der Waals surface area (Å²) in [5.74, 6) is 0.665. The molecule has 0 aliphatic carbocycles. The number of hydrogen-bond acceptors (Lipinski definition) is 6. The first-order valence-electron chi connectivity index (χ1n) is 8.26. The quantitative estimate of drug-likeness (QED) is 0.602. The molecule has 0 radical (unpaired) electrons. The lowest BCUT2D eigenvalue weighted by Crippen LogP contribution is -2.15. The third-order valence-corrected chi connectivity index (χ3v) is 4.59.